The molecule has 3 heterocycles. The second-order valence-electron chi connectivity index (χ2n) is 4.82. The van der Waals surface area contributed by atoms with Crippen molar-refractivity contribution in [2.75, 3.05) is 36.8 Å². The number of rotatable bonds is 2. The highest BCUT2D eigenvalue weighted by Crippen LogP contribution is 2.13. The van der Waals surface area contributed by atoms with Crippen molar-refractivity contribution in [2.45, 2.75) is 0 Å². The van der Waals surface area contributed by atoms with E-state index in [0.29, 0.717) is 24.5 Å². The minimum atomic E-state index is -0.0613. The molecule has 0 saturated carbocycles. The Bertz CT molecular complexity index is 607. The zero-order valence-corrected chi connectivity index (χ0v) is 11.5. The summed E-state index contributed by atoms with van der Waals surface area (Å²) in [6.07, 6.45) is 6.56. The van der Waals surface area contributed by atoms with Gasteiger partial charge in [-0.05, 0) is 12.1 Å². The van der Waals surface area contributed by atoms with Gasteiger partial charge in [0.05, 0.1) is 18.1 Å². The van der Waals surface area contributed by atoms with Gasteiger partial charge in [-0.25, -0.2) is 9.97 Å². The molecule has 0 unspecified atom stereocenters. The lowest BCUT2D eigenvalue weighted by Crippen LogP contribution is -2.49. The van der Waals surface area contributed by atoms with Crippen LogP contribution in [0.3, 0.4) is 0 Å². The molecule has 2 aromatic rings. The van der Waals surface area contributed by atoms with Crippen molar-refractivity contribution in [1.29, 1.82) is 0 Å². The SMILES string of the molecule is Nc1ccc(C(=O)N2CCN(c3cnccn3)CC2)nc1. The lowest BCUT2D eigenvalue weighted by atomic mass is 10.2. The van der Waals surface area contributed by atoms with E-state index in [1.165, 1.54) is 6.20 Å². The zero-order chi connectivity index (χ0) is 14.7. The van der Waals surface area contributed by atoms with Gasteiger partial charge in [-0.1, -0.05) is 0 Å². The van der Waals surface area contributed by atoms with Gasteiger partial charge < -0.3 is 15.5 Å². The van der Waals surface area contributed by atoms with Crippen LogP contribution in [0.25, 0.3) is 0 Å². The van der Waals surface area contributed by atoms with Gasteiger partial charge in [0.1, 0.15) is 11.5 Å². The van der Waals surface area contributed by atoms with Gasteiger partial charge >= 0.3 is 0 Å². The molecule has 108 valence electrons. The van der Waals surface area contributed by atoms with Crippen LogP contribution in [-0.2, 0) is 0 Å². The Kier molecular flexibility index (Phi) is 3.63. The van der Waals surface area contributed by atoms with Gasteiger partial charge in [0.15, 0.2) is 0 Å². The van der Waals surface area contributed by atoms with Crippen molar-refractivity contribution in [2.24, 2.45) is 0 Å². The van der Waals surface area contributed by atoms with E-state index in [1.807, 2.05) is 0 Å². The maximum Gasteiger partial charge on any atom is 0.272 e. The first kappa shape index (κ1) is 13.3. The largest absolute Gasteiger partial charge is 0.397 e. The van der Waals surface area contributed by atoms with Gasteiger partial charge in [-0.15, -0.1) is 0 Å². The molecular weight excluding hydrogens is 268 g/mol. The molecule has 1 aliphatic rings. The Hall–Kier alpha value is -2.70. The van der Waals surface area contributed by atoms with Crippen LogP contribution >= 0.6 is 0 Å². The van der Waals surface area contributed by atoms with Crippen LogP contribution in [-0.4, -0.2) is 51.9 Å². The fraction of sp³-hybridized carbons (Fsp3) is 0.286. The van der Waals surface area contributed by atoms with Gasteiger partial charge in [-0.3, -0.25) is 9.78 Å². The van der Waals surface area contributed by atoms with Crippen molar-refractivity contribution < 1.29 is 4.79 Å². The van der Waals surface area contributed by atoms with E-state index < -0.39 is 0 Å². The maximum absolute atomic E-state index is 12.3. The van der Waals surface area contributed by atoms with Gasteiger partial charge in [0.2, 0.25) is 0 Å². The van der Waals surface area contributed by atoms with Crippen molar-refractivity contribution in [3.8, 4) is 0 Å². The number of aromatic nitrogens is 3. The van der Waals surface area contributed by atoms with Crippen molar-refractivity contribution in [1.82, 2.24) is 19.9 Å². The summed E-state index contributed by atoms with van der Waals surface area (Å²) in [7, 11) is 0. The number of piperazine rings is 1. The molecule has 2 aromatic heterocycles. The molecule has 1 amide bonds. The number of nitrogens with zero attached hydrogens (tertiary/aromatic N) is 5. The summed E-state index contributed by atoms with van der Waals surface area (Å²) < 4.78 is 0. The number of anilines is 2. The molecule has 0 spiro atoms. The highest BCUT2D eigenvalue weighted by Gasteiger charge is 2.23. The van der Waals surface area contributed by atoms with Gasteiger partial charge in [0, 0.05) is 38.6 Å². The molecule has 0 aromatic carbocycles. The number of hydrogen-bond donors (Lipinski definition) is 1. The van der Waals surface area contributed by atoms with Crippen LogP contribution in [0.15, 0.2) is 36.9 Å². The first-order chi connectivity index (χ1) is 10.2. The van der Waals surface area contributed by atoms with Gasteiger partial charge in [0.25, 0.3) is 5.91 Å². The Morgan fingerprint density at radius 2 is 1.86 bits per heavy atom. The normalized spacial score (nSPS) is 15.0. The van der Waals surface area contributed by atoms with E-state index in [4.69, 9.17) is 5.73 Å². The molecule has 0 aliphatic carbocycles. The Balaban J connectivity index is 1.63. The number of nitrogens with two attached hydrogens (primary N) is 1. The van der Waals surface area contributed by atoms with Crippen molar-refractivity contribution in [3.63, 3.8) is 0 Å². The minimum Gasteiger partial charge on any atom is -0.397 e. The molecule has 7 heteroatoms. The summed E-state index contributed by atoms with van der Waals surface area (Å²) in [6.45, 7) is 2.75. The third kappa shape index (κ3) is 2.91. The fourth-order valence-electron chi connectivity index (χ4n) is 2.29. The van der Waals surface area contributed by atoms with E-state index in [9.17, 15) is 4.79 Å². The van der Waals surface area contributed by atoms with Crippen LogP contribution in [0.2, 0.25) is 0 Å². The van der Waals surface area contributed by atoms with Crippen LogP contribution in [0.1, 0.15) is 10.5 Å². The van der Waals surface area contributed by atoms with E-state index in [1.54, 1.807) is 35.6 Å². The van der Waals surface area contributed by atoms with Crippen LogP contribution in [0.4, 0.5) is 11.5 Å². The fourth-order valence-corrected chi connectivity index (χ4v) is 2.29. The van der Waals surface area contributed by atoms with Crippen LogP contribution in [0, 0.1) is 0 Å². The van der Waals surface area contributed by atoms with Gasteiger partial charge in [-0.2, -0.15) is 0 Å². The highest BCUT2D eigenvalue weighted by atomic mass is 16.2. The summed E-state index contributed by atoms with van der Waals surface area (Å²) in [5, 5.41) is 0. The van der Waals surface area contributed by atoms with Crippen LogP contribution in [0.5, 0.6) is 0 Å². The lowest BCUT2D eigenvalue weighted by molar-refractivity contribution is 0.0740. The molecule has 1 fully saturated rings. The number of amides is 1. The molecule has 3 rings (SSSR count). The predicted octanol–water partition coefficient (Wildman–Crippen LogP) is 0.416. The van der Waals surface area contributed by atoms with Crippen molar-refractivity contribution in [3.05, 3.63) is 42.6 Å². The molecule has 0 radical (unpaired) electrons. The number of hydrogen-bond acceptors (Lipinski definition) is 6. The topological polar surface area (TPSA) is 88.2 Å². The van der Waals surface area contributed by atoms with E-state index >= 15 is 0 Å². The number of carbonyl (C=O) groups excluding carboxylic acids is 1. The number of pyridine rings is 1. The Labute approximate surface area is 122 Å². The molecule has 2 N–H and O–H groups in total. The first-order valence-corrected chi connectivity index (χ1v) is 6.76. The molecular formula is C14H16N6O. The summed E-state index contributed by atoms with van der Waals surface area (Å²) in [4.78, 5) is 28.7. The van der Waals surface area contributed by atoms with Crippen LogP contribution < -0.4 is 10.6 Å². The Morgan fingerprint density at radius 1 is 1.05 bits per heavy atom. The minimum absolute atomic E-state index is 0.0613. The number of nitrogen functional groups attached to an aromatic ring is 1. The first-order valence-electron chi connectivity index (χ1n) is 6.76. The third-order valence-corrected chi connectivity index (χ3v) is 3.45. The standard InChI is InChI=1S/C14H16N6O/c15-11-1-2-12(18-9-11)14(21)20-7-5-19(6-8-20)13-10-16-3-4-17-13/h1-4,9-10H,5-8,15H2. The molecule has 1 aliphatic heterocycles. The summed E-state index contributed by atoms with van der Waals surface area (Å²) >= 11 is 0. The maximum atomic E-state index is 12.3. The number of carbonyl (C=O) groups is 1. The lowest BCUT2D eigenvalue weighted by Gasteiger charge is -2.35. The average molecular weight is 284 g/mol. The monoisotopic (exact) mass is 284 g/mol. The highest BCUT2D eigenvalue weighted by molar-refractivity contribution is 5.92. The molecule has 21 heavy (non-hydrogen) atoms. The zero-order valence-electron chi connectivity index (χ0n) is 11.5. The molecule has 0 bridgehead atoms. The molecule has 7 nitrogen and oxygen atoms in total. The third-order valence-electron chi connectivity index (χ3n) is 3.45. The quantitative estimate of drug-likeness (QED) is 0.859. The Morgan fingerprint density at radius 3 is 2.48 bits per heavy atom. The van der Waals surface area contributed by atoms with Crippen molar-refractivity contribution >= 4 is 17.4 Å². The smallest absolute Gasteiger partial charge is 0.272 e. The van der Waals surface area contributed by atoms with E-state index in [-0.39, 0.29) is 5.91 Å². The van der Waals surface area contributed by atoms with E-state index in [0.717, 1.165) is 18.9 Å². The second kappa shape index (κ2) is 5.74. The molecule has 0 atom stereocenters. The predicted molar refractivity (Wildman–Crippen MR) is 78.8 cm³/mol. The van der Waals surface area contributed by atoms with E-state index in [2.05, 4.69) is 19.9 Å². The molecule has 1 saturated heterocycles. The second-order valence-corrected chi connectivity index (χ2v) is 4.82. The summed E-state index contributed by atoms with van der Waals surface area (Å²) in [5.74, 6) is 0.781. The summed E-state index contributed by atoms with van der Waals surface area (Å²) in [5.41, 5.74) is 6.56. The summed E-state index contributed by atoms with van der Waals surface area (Å²) in [6, 6.07) is 3.35. The average Bonchev–Trinajstić information content (AvgIpc) is 2.56.